The van der Waals surface area contributed by atoms with E-state index in [1.165, 1.54) is 5.57 Å². The van der Waals surface area contributed by atoms with E-state index in [0.29, 0.717) is 6.67 Å². The fourth-order valence-corrected chi connectivity index (χ4v) is 2.92. The number of likely N-dealkylation sites (N-methyl/N-ethyl adjacent to an activating group) is 1. The zero-order chi connectivity index (χ0) is 14.3. The summed E-state index contributed by atoms with van der Waals surface area (Å²) < 4.78 is 0. The molecule has 0 fully saturated rings. The summed E-state index contributed by atoms with van der Waals surface area (Å²) in [6, 6.07) is 0.169. The van der Waals surface area contributed by atoms with Crippen LogP contribution in [0.5, 0.6) is 0 Å². The number of hydrogen-bond donors (Lipinski definition) is 1. The highest BCUT2D eigenvalue weighted by Crippen LogP contribution is 2.35. The van der Waals surface area contributed by atoms with Crippen LogP contribution in [0.4, 0.5) is 0 Å². The first-order chi connectivity index (χ1) is 9.69. The van der Waals surface area contributed by atoms with Crippen molar-refractivity contribution in [2.45, 2.75) is 19.9 Å². The Bertz CT molecular complexity index is 534. The van der Waals surface area contributed by atoms with E-state index in [-0.39, 0.29) is 6.04 Å². The SMILES string of the molecule is CCN1C=C(C)C(NC)C2=C1N1CN(OC)C=C1C=N2. The van der Waals surface area contributed by atoms with Crippen molar-refractivity contribution in [2.75, 3.05) is 27.4 Å². The van der Waals surface area contributed by atoms with Crippen molar-refractivity contribution in [3.8, 4) is 0 Å². The smallest absolute Gasteiger partial charge is 0.138 e. The number of rotatable bonds is 3. The molecule has 108 valence electrons. The van der Waals surface area contributed by atoms with E-state index in [2.05, 4.69) is 40.2 Å². The molecule has 0 aliphatic carbocycles. The van der Waals surface area contributed by atoms with Gasteiger partial charge < -0.3 is 15.1 Å². The van der Waals surface area contributed by atoms with Gasteiger partial charge in [-0.1, -0.05) is 0 Å². The molecule has 0 aromatic rings. The summed E-state index contributed by atoms with van der Waals surface area (Å²) >= 11 is 0. The highest BCUT2D eigenvalue weighted by atomic mass is 16.7. The third kappa shape index (κ3) is 1.83. The van der Waals surface area contributed by atoms with Gasteiger partial charge >= 0.3 is 0 Å². The number of nitrogens with one attached hydrogen (secondary N) is 1. The molecule has 3 heterocycles. The first-order valence-electron chi connectivity index (χ1n) is 6.90. The Balaban J connectivity index is 2.03. The molecular weight excluding hydrogens is 254 g/mol. The van der Waals surface area contributed by atoms with Crippen molar-refractivity contribution in [1.82, 2.24) is 20.2 Å². The number of hydrogen-bond acceptors (Lipinski definition) is 6. The van der Waals surface area contributed by atoms with E-state index < -0.39 is 0 Å². The van der Waals surface area contributed by atoms with Crippen LogP contribution in [0.1, 0.15) is 13.8 Å². The van der Waals surface area contributed by atoms with E-state index >= 15 is 0 Å². The average Bonchev–Trinajstić information content (AvgIpc) is 2.89. The molecule has 0 saturated heterocycles. The zero-order valence-electron chi connectivity index (χ0n) is 12.4. The zero-order valence-corrected chi connectivity index (χ0v) is 12.4. The summed E-state index contributed by atoms with van der Waals surface area (Å²) in [4.78, 5) is 14.5. The normalized spacial score (nSPS) is 24.8. The second kappa shape index (κ2) is 4.96. The summed E-state index contributed by atoms with van der Waals surface area (Å²) in [5.74, 6) is 1.14. The fraction of sp³-hybridized carbons (Fsp3) is 0.500. The summed E-state index contributed by atoms with van der Waals surface area (Å²) in [5, 5.41) is 5.16. The van der Waals surface area contributed by atoms with Gasteiger partial charge in [0.2, 0.25) is 0 Å². The van der Waals surface area contributed by atoms with Gasteiger partial charge in [-0.05, 0) is 26.5 Å². The summed E-state index contributed by atoms with van der Waals surface area (Å²) in [5.41, 5.74) is 3.41. The largest absolute Gasteiger partial charge is 0.333 e. The van der Waals surface area contributed by atoms with Crippen molar-refractivity contribution in [2.24, 2.45) is 4.99 Å². The lowest BCUT2D eigenvalue weighted by Crippen LogP contribution is -2.44. The van der Waals surface area contributed by atoms with Gasteiger partial charge in [0.15, 0.2) is 0 Å². The maximum atomic E-state index is 5.31. The Morgan fingerprint density at radius 2 is 2.25 bits per heavy atom. The minimum Gasteiger partial charge on any atom is -0.333 e. The van der Waals surface area contributed by atoms with Crippen LogP contribution in [0.15, 0.2) is 40.2 Å². The van der Waals surface area contributed by atoms with E-state index in [9.17, 15) is 0 Å². The maximum absolute atomic E-state index is 5.31. The molecule has 0 radical (unpaired) electrons. The quantitative estimate of drug-likeness (QED) is 0.834. The number of nitrogens with zero attached hydrogens (tertiary/aromatic N) is 4. The van der Waals surface area contributed by atoms with Gasteiger partial charge in [-0.2, -0.15) is 0 Å². The molecule has 6 nitrogen and oxygen atoms in total. The van der Waals surface area contributed by atoms with Gasteiger partial charge in [-0.15, -0.1) is 0 Å². The molecule has 20 heavy (non-hydrogen) atoms. The van der Waals surface area contributed by atoms with Crippen molar-refractivity contribution in [3.05, 3.63) is 35.2 Å². The Morgan fingerprint density at radius 3 is 2.90 bits per heavy atom. The van der Waals surface area contributed by atoms with Gasteiger partial charge in [-0.25, -0.2) is 5.06 Å². The van der Waals surface area contributed by atoms with Crippen LogP contribution in [-0.4, -0.2) is 54.5 Å². The molecule has 6 heteroatoms. The van der Waals surface area contributed by atoms with Gasteiger partial charge in [0.1, 0.15) is 18.2 Å². The second-order valence-electron chi connectivity index (χ2n) is 5.07. The van der Waals surface area contributed by atoms with Crippen LogP contribution in [0.2, 0.25) is 0 Å². The summed E-state index contributed by atoms with van der Waals surface area (Å²) in [6.07, 6.45) is 6.09. The van der Waals surface area contributed by atoms with Crippen LogP contribution in [0.3, 0.4) is 0 Å². The third-order valence-corrected chi connectivity index (χ3v) is 3.91. The Kier molecular flexibility index (Phi) is 3.27. The molecule has 3 aliphatic rings. The maximum Gasteiger partial charge on any atom is 0.138 e. The molecule has 0 bridgehead atoms. The average molecular weight is 275 g/mol. The lowest BCUT2D eigenvalue weighted by atomic mass is 10.0. The molecule has 3 aliphatic heterocycles. The second-order valence-corrected chi connectivity index (χ2v) is 5.07. The van der Waals surface area contributed by atoms with Gasteiger partial charge in [-0.3, -0.25) is 9.83 Å². The first-order valence-corrected chi connectivity index (χ1v) is 6.90. The molecule has 0 aromatic heterocycles. The van der Waals surface area contributed by atoms with Gasteiger partial charge in [0, 0.05) is 12.7 Å². The third-order valence-electron chi connectivity index (χ3n) is 3.91. The lowest BCUT2D eigenvalue weighted by molar-refractivity contribution is -0.0967. The van der Waals surface area contributed by atoms with E-state index in [1.807, 2.05) is 24.5 Å². The highest BCUT2D eigenvalue weighted by molar-refractivity contribution is 5.81. The summed E-state index contributed by atoms with van der Waals surface area (Å²) in [7, 11) is 3.65. The Labute approximate surface area is 119 Å². The van der Waals surface area contributed by atoms with Crippen molar-refractivity contribution >= 4 is 6.21 Å². The lowest BCUT2D eigenvalue weighted by Gasteiger charge is -2.40. The number of hydroxylamine groups is 2. The van der Waals surface area contributed by atoms with E-state index in [0.717, 1.165) is 23.8 Å². The number of aliphatic imine (C=N–C) groups is 1. The van der Waals surface area contributed by atoms with Crippen molar-refractivity contribution in [3.63, 3.8) is 0 Å². The minimum atomic E-state index is 0.169. The molecule has 0 spiro atoms. The molecule has 0 saturated carbocycles. The standard InChI is InChI=1S/C14H21N5O/c1-5-17-7-10(2)12(15-3)13-14(17)19-9-18(20-4)8-11(19)6-16-13/h6-8,12,15H,5,9H2,1-4H3. The highest BCUT2D eigenvalue weighted by Gasteiger charge is 2.36. The van der Waals surface area contributed by atoms with Crippen LogP contribution >= 0.6 is 0 Å². The fourth-order valence-electron chi connectivity index (χ4n) is 2.92. The molecular formula is C14H21N5O. The van der Waals surface area contributed by atoms with Crippen molar-refractivity contribution in [1.29, 1.82) is 0 Å². The summed E-state index contributed by atoms with van der Waals surface area (Å²) in [6.45, 7) is 5.90. The number of fused-ring (bicyclic) bond motifs is 2. The predicted molar refractivity (Wildman–Crippen MR) is 78.1 cm³/mol. The van der Waals surface area contributed by atoms with Crippen molar-refractivity contribution < 1.29 is 4.84 Å². The predicted octanol–water partition coefficient (Wildman–Crippen LogP) is 1.05. The Morgan fingerprint density at radius 1 is 1.45 bits per heavy atom. The monoisotopic (exact) mass is 275 g/mol. The van der Waals surface area contributed by atoms with Crippen LogP contribution < -0.4 is 5.32 Å². The minimum absolute atomic E-state index is 0.169. The molecule has 1 unspecified atom stereocenters. The topological polar surface area (TPSA) is 43.3 Å². The molecule has 0 aromatic carbocycles. The van der Waals surface area contributed by atoms with Crippen LogP contribution in [0.25, 0.3) is 0 Å². The van der Waals surface area contributed by atoms with E-state index in [4.69, 9.17) is 4.84 Å². The molecule has 0 amide bonds. The molecule has 1 N–H and O–H groups in total. The molecule has 3 rings (SSSR count). The van der Waals surface area contributed by atoms with Gasteiger partial charge in [0.25, 0.3) is 0 Å². The molecule has 1 atom stereocenters. The Hall–Kier alpha value is -1.79. The number of allylic oxidation sites excluding steroid dienone is 1. The van der Waals surface area contributed by atoms with Crippen LogP contribution in [0, 0.1) is 0 Å². The first kappa shape index (κ1) is 13.2. The van der Waals surface area contributed by atoms with E-state index in [1.54, 1.807) is 7.11 Å². The van der Waals surface area contributed by atoms with Crippen LogP contribution in [-0.2, 0) is 4.84 Å². The van der Waals surface area contributed by atoms with Gasteiger partial charge in [0.05, 0.1) is 31.3 Å².